The monoisotopic (exact) mass is 245 g/mol. The van der Waals surface area contributed by atoms with Gasteiger partial charge in [-0.05, 0) is 32.4 Å². The van der Waals surface area contributed by atoms with Crippen molar-refractivity contribution in [3.8, 4) is 0 Å². The Morgan fingerprint density at radius 2 is 2.39 bits per heavy atom. The highest BCUT2D eigenvalue weighted by molar-refractivity contribution is 5.50. The van der Waals surface area contributed by atoms with Gasteiger partial charge in [-0.25, -0.2) is 4.98 Å². The van der Waals surface area contributed by atoms with Crippen LogP contribution in [0.5, 0.6) is 0 Å². The van der Waals surface area contributed by atoms with E-state index in [2.05, 4.69) is 41.7 Å². The average molecular weight is 245 g/mol. The highest BCUT2D eigenvalue weighted by Crippen LogP contribution is 2.33. The largest absolute Gasteiger partial charge is 0.350 e. The fraction of sp³-hybridized carbons (Fsp3) is 0.533. The molecule has 3 nitrogen and oxygen atoms in total. The molecule has 1 aliphatic carbocycles. The lowest BCUT2D eigenvalue weighted by atomic mass is 10.1. The van der Waals surface area contributed by atoms with Crippen molar-refractivity contribution in [1.82, 2.24) is 10.3 Å². The van der Waals surface area contributed by atoms with Gasteiger partial charge < -0.3 is 10.2 Å². The van der Waals surface area contributed by atoms with Crippen molar-refractivity contribution in [3.05, 3.63) is 36.5 Å². The van der Waals surface area contributed by atoms with E-state index in [0.717, 1.165) is 18.9 Å². The molecule has 3 heteroatoms. The van der Waals surface area contributed by atoms with Gasteiger partial charge in [-0.15, -0.1) is 6.58 Å². The number of anilines is 1. The Bertz CT molecular complexity index is 398. The van der Waals surface area contributed by atoms with Gasteiger partial charge in [-0.2, -0.15) is 0 Å². The summed E-state index contributed by atoms with van der Waals surface area (Å²) in [4.78, 5) is 6.99. The van der Waals surface area contributed by atoms with Gasteiger partial charge in [0.25, 0.3) is 0 Å². The molecule has 18 heavy (non-hydrogen) atoms. The summed E-state index contributed by atoms with van der Waals surface area (Å²) in [6, 6.07) is 5.19. The van der Waals surface area contributed by atoms with Crippen molar-refractivity contribution in [2.24, 2.45) is 0 Å². The number of aromatic nitrogens is 1. The van der Waals surface area contributed by atoms with Crippen molar-refractivity contribution in [3.63, 3.8) is 0 Å². The highest BCUT2D eigenvalue weighted by atomic mass is 15.2. The van der Waals surface area contributed by atoms with Crippen LogP contribution in [0.2, 0.25) is 0 Å². The normalized spacial score (nSPS) is 16.3. The smallest absolute Gasteiger partial charge is 0.133 e. The molecule has 1 heterocycles. The summed E-state index contributed by atoms with van der Waals surface area (Å²) in [5.41, 5.74) is 1.29. The predicted molar refractivity (Wildman–Crippen MR) is 76.9 cm³/mol. The van der Waals surface area contributed by atoms with Crippen LogP contribution in [0.4, 0.5) is 5.82 Å². The number of nitrogens with zero attached hydrogens (tertiary/aromatic N) is 2. The Labute approximate surface area is 110 Å². The minimum absolute atomic E-state index is 0.338. The summed E-state index contributed by atoms with van der Waals surface area (Å²) in [5.74, 6) is 1.12. The first kappa shape index (κ1) is 13.1. The summed E-state index contributed by atoms with van der Waals surface area (Å²) < 4.78 is 0. The van der Waals surface area contributed by atoms with Gasteiger partial charge in [0.1, 0.15) is 5.82 Å². The van der Waals surface area contributed by atoms with Gasteiger partial charge >= 0.3 is 0 Å². The van der Waals surface area contributed by atoms with Crippen LogP contribution in [0.1, 0.15) is 38.3 Å². The molecule has 2 rings (SSSR count). The molecule has 1 N–H and O–H groups in total. The highest BCUT2D eigenvalue weighted by Gasteiger charge is 2.30. The van der Waals surface area contributed by atoms with Crippen LogP contribution in [0.25, 0.3) is 0 Å². The molecule has 0 aliphatic heterocycles. The third-order valence-electron chi connectivity index (χ3n) is 3.38. The molecule has 1 unspecified atom stereocenters. The molecule has 1 saturated carbocycles. The quantitative estimate of drug-likeness (QED) is 0.749. The van der Waals surface area contributed by atoms with Crippen LogP contribution in [0.3, 0.4) is 0 Å². The van der Waals surface area contributed by atoms with E-state index in [-0.39, 0.29) is 0 Å². The molecule has 0 aromatic carbocycles. The van der Waals surface area contributed by atoms with Crippen LogP contribution in [0, 0.1) is 0 Å². The van der Waals surface area contributed by atoms with Gasteiger partial charge in [-0.3, -0.25) is 0 Å². The third-order valence-corrected chi connectivity index (χ3v) is 3.38. The Hall–Kier alpha value is -1.35. The summed E-state index contributed by atoms with van der Waals surface area (Å²) in [6.45, 7) is 10.0. The van der Waals surface area contributed by atoms with Gasteiger partial charge in [0, 0.05) is 30.4 Å². The van der Waals surface area contributed by atoms with Crippen LogP contribution in [0.15, 0.2) is 31.0 Å². The zero-order valence-corrected chi connectivity index (χ0v) is 11.4. The molecule has 1 fully saturated rings. The van der Waals surface area contributed by atoms with Crippen LogP contribution in [-0.2, 0) is 0 Å². The Kier molecular flexibility index (Phi) is 4.37. The maximum absolute atomic E-state index is 4.60. The van der Waals surface area contributed by atoms with E-state index < -0.39 is 0 Å². The minimum Gasteiger partial charge on any atom is -0.350 e. The molecule has 1 aromatic rings. The maximum Gasteiger partial charge on any atom is 0.133 e. The molecule has 1 aromatic heterocycles. The van der Waals surface area contributed by atoms with Crippen molar-refractivity contribution in [2.75, 3.05) is 18.0 Å². The van der Waals surface area contributed by atoms with Gasteiger partial charge in [0.15, 0.2) is 0 Å². The summed E-state index contributed by atoms with van der Waals surface area (Å²) in [5, 5.41) is 3.47. The minimum atomic E-state index is 0.338. The molecule has 0 bridgehead atoms. The number of pyridine rings is 1. The lowest BCUT2D eigenvalue weighted by Crippen LogP contribution is -2.29. The first-order valence-corrected chi connectivity index (χ1v) is 6.83. The topological polar surface area (TPSA) is 28.2 Å². The predicted octanol–water partition coefficient (Wildman–Crippen LogP) is 2.91. The molecule has 0 radical (unpaired) electrons. The van der Waals surface area contributed by atoms with Gasteiger partial charge in [0.05, 0.1) is 0 Å². The van der Waals surface area contributed by atoms with E-state index in [1.165, 1.54) is 18.4 Å². The number of rotatable bonds is 7. The maximum atomic E-state index is 4.60. The number of nitrogens with one attached hydrogen (secondary N) is 1. The lowest BCUT2D eigenvalue weighted by molar-refractivity contribution is 0.593. The second-order valence-corrected chi connectivity index (χ2v) is 4.87. The van der Waals surface area contributed by atoms with Crippen molar-refractivity contribution in [2.45, 2.75) is 38.8 Å². The Balaban J connectivity index is 2.26. The summed E-state index contributed by atoms with van der Waals surface area (Å²) in [7, 11) is 0. The molecular formula is C15H23N3. The van der Waals surface area contributed by atoms with Crippen molar-refractivity contribution in [1.29, 1.82) is 0 Å². The zero-order chi connectivity index (χ0) is 13.0. The molecule has 0 saturated heterocycles. The van der Waals surface area contributed by atoms with Crippen molar-refractivity contribution >= 4 is 5.82 Å². The molecule has 0 spiro atoms. The Morgan fingerprint density at radius 1 is 1.61 bits per heavy atom. The van der Waals surface area contributed by atoms with Gasteiger partial charge in [0.2, 0.25) is 0 Å². The number of hydrogen-bond acceptors (Lipinski definition) is 3. The lowest BCUT2D eigenvalue weighted by Gasteiger charge is -2.26. The van der Waals surface area contributed by atoms with Crippen molar-refractivity contribution < 1.29 is 0 Å². The van der Waals surface area contributed by atoms with E-state index in [0.29, 0.717) is 12.1 Å². The van der Waals surface area contributed by atoms with E-state index in [9.17, 15) is 0 Å². The molecular weight excluding hydrogens is 222 g/mol. The fourth-order valence-electron chi connectivity index (χ4n) is 2.34. The second kappa shape index (κ2) is 6.01. The second-order valence-electron chi connectivity index (χ2n) is 4.87. The van der Waals surface area contributed by atoms with Crippen LogP contribution < -0.4 is 10.2 Å². The molecule has 0 amide bonds. The van der Waals surface area contributed by atoms with Crippen LogP contribution >= 0.6 is 0 Å². The van der Waals surface area contributed by atoms with E-state index in [1.54, 1.807) is 0 Å². The first-order chi connectivity index (χ1) is 8.77. The van der Waals surface area contributed by atoms with Gasteiger partial charge in [-0.1, -0.05) is 19.1 Å². The molecule has 1 atom stereocenters. The average Bonchev–Trinajstić information content (AvgIpc) is 3.20. The van der Waals surface area contributed by atoms with E-state index >= 15 is 0 Å². The SMILES string of the molecule is C=CCN(c1ncccc1C(C)NCC)C1CC1. The zero-order valence-electron chi connectivity index (χ0n) is 11.4. The molecule has 1 aliphatic rings. The van der Waals surface area contributed by atoms with E-state index in [4.69, 9.17) is 0 Å². The Morgan fingerprint density at radius 3 is 3.00 bits per heavy atom. The fourth-order valence-corrected chi connectivity index (χ4v) is 2.34. The van der Waals surface area contributed by atoms with E-state index in [1.807, 2.05) is 18.3 Å². The third kappa shape index (κ3) is 2.91. The standard InChI is InChI=1S/C15H23N3/c1-4-11-18(13-8-9-13)15-14(7-6-10-17-15)12(3)16-5-2/h4,6-7,10,12-13,16H,1,5,8-9,11H2,2-3H3. The summed E-state index contributed by atoms with van der Waals surface area (Å²) >= 11 is 0. The van der Waals surface area contributed by atoms with Crippen LogP contribution in [-0.4, -0.2) is 24.1 Å². The summed E-state index contributed by atoms with van der Waals surface area (Å²) in [6.07, 6.45) is 6.41. The molecule has 98 valence electrons. The number of hydrogen-bond donors (Lipinski definition) is 1. The first-order valence-electron chi connectivity index (χ1n) is 6.83.